The van der Waals surface area contributed by atoms with Crippen LogP contribution in [0.1, 0.15) is 98.4 Å². The molecule has 10 heteroatoms. The van der Waals surface area contributed by atoms with Crippen molar-refractivity contribution in [2.75, 3.05) is 11.4 Å². The number of nitrogens with zero attached hydrogens (tertiary/aromatic N) is 3. The molecule has 8 rings (SSSR count). The van der Waals surface area contributed by atoms with Crippen molar-refractivity contribution in [3.05, 3.63) is 150 Å². The van der Waals surface area contributed by atoms with Gasteiger partial charge in [-0.1, -0.05) is 148 Å². The lowest BCUT2D eigenvalue weighted by atomic mass is 9.95. The molecule has 0 bridgehead atoms. The molecule has 3 aliphatic rings. The van der Waals surface area contributed by atoms with Gasteiger partial charge in [0.15, 0.2) is 0 Å². The molecule has 2 fully saturated rings. The number of amides is 1. The van der Waals surface area contributed by atoms with Crippen LogP contribution in [0.4, 0.5) is 11.4 Å². The molecule has 1 aliphatic carbocycles. The number of fused-ring (bicyclic) bond motifs is 3. The topological polar surface area (TPSA) is 82.9 Å². The molecule has 1 saturated carbocycles. The minimum absolute atomic E-state index is 0.253. The van der Waals surface area contributed by atoms with Crippen molar-refractivity contribution in [1.82, 2.24) is 9.47 Å². The molecule has 1 N–H and O–H groups in total. The third-order valence-electron chi connectivity index (χ3n) is 11.5. The molecule has 58 heavy (non-hydrogen) atoms. The van der Waals surface area contributed by atoms with Crippen LogP contribution in [0.25, 0.3) is 22.6 Å². The Morgan fingerprint density at radius 1 is 0.845 bits per heavy atom. The summed E-state index contributed by atoms with van der Waals surface area (Å²) < 4.78 is 2.41. The van der Waals surface area contributed by atoms with Gasteiger partial charge in [0.1, 0.15) is 20.4 Å². The Morgan fingerprint density at radius 3 is 2.21 bits per heavy atom. The standard InChI is InChI=1S/C48H47N3O4S3/c1-2-3-4-5-6-13-27-49-46(55)44(58-48(49)56)47-50(31-43(52)53)45(54)42(57-47)30-33-23-26-41-39(29-33)37-19-14-20-40(37)51(41)36-24-21-32(22-25-36)28-38(34-15-9-7-10-16-34)35-17-11-8-12-18-35/h7-12,15-18,21-26,28-30,37,40H,2-6,13-14,19-20,27,31H2,1H3,(H,52,53)/b42-30+,47-44-. The van der Waals surface area contributed by atoms with E-state index in [2.05, 4.69) is 103 Å². The van der Waals surface area contributed by atoms with Crippen LogP contribution in [0.3, 0.4) is 0 Å². The molecule has 2 unspecified atom stereocenters. The molecular weight excluding hydrogens is 779 g/mol. The fourth-order valence-electron chi connectivity index (χ4n) is 8.66. The van der Waals surface area contributed by atoms with E-state index in [1.807, 2.05) is 24.3 Å². The van der Waals surface area contributed by atoms with Crippen LogP contribution < -0.4 is 19.7 Å². The van der Waals surface area contributed by atoms with Crippen molar-refractivity contribution in [3.63, 3.8) is 0 Å². The number of rotatable bonds is 14. The van der Waals surface area contributed by atoms with Crippen LogP contribution in [0, 0.1) is 0 Å². The molecule has 5 aromatic rings. The van der Waals surface area contributed by atoms with E-state index < -0.39 is 18.1 Å². The Kier molecular flexibility index (Phi) is 12.2. The van der Waals surface area contributed by atoms with Gasteiger partial charge >= 0.3 is 5.97 Å². The SMILES string of the molecule is CCCCCCCCN1C(=O)/C(=c2/s/c(=C/c3ccc4c(c3)C3CCCC3N4c3ccc(C=C(c4ccccc4)c4ccccc4)cc3)c(=O)n2CC(=O)O)SC1=S. The summed E-state index contributed by atoms with van der Waals surface area (Å²) >= 11 is 7.94. The van der Waals surface area contributed by atoms with Gasteiger partial charge in [-0.3, -0.25) is 23.9 Å². The summed E-state index contributed by atoms with van der Waals surface area (Å²) in [5, 5.41) is 9.78. The predicted molar refractivity (Wildman–Crippen MR) is 243 cm³/mol. The molecular formula is C48H47N3O4S3. The predicted octanol–water partition coefficient (Wildman–Crippen LogP) is 9.53. The van der Waals surface area contributed by atoms with E-state index in [-0.39, 0.29) is 5.91 Å². The average Bonchev–Trinajstić information content (AvgIpc) is 3.98. The van der Waals surface area contributed by atoms with Gasteiger partial charge in [-0.25, -0.2) is 0 Å². The highest BCUT2D eigenvalue weighted by molar-refractivity contribution is 8.30. The number of carboxylic acids is 1. The summed E-state index contributed by atoms with van der Waals surface area (Å²) in [6.07, 6.45) is 14.0. The highest BCUT2D eigenvalue weighted by Gasteiger charge is 2.42. The smallest absolute Gasteiger partial charge is 0.323 e. The first kappa shape index (κ1) is 39.8. The van der Waals surface area contributed by atoms with E-state index in [4.69, 9.17) is 12.2 Å². The number of unbranched alkanes of at least 4 members (excludes halogenated alkanes) is 5. The normalized spacial score (nSPS) is 18.5. The number of aliphatic carboxylic acids is 1. The van der Waals surface area contributed by atoms with Gasteiger partial charge in [0.2, 0.25) is 0 Å². The number of hydrogen-bond donors (Lipinski definition) is 1. The molecule has 1 aromatic heterocycles. The molecule has 1 saturated heterocycles. The van der Waals surface area contributed by atoms with Crippen LogP contribution in [-0.4, -0.2) is 43.4 Å². The second-order valence-electron chi connectivity index (χ2n) is 15.3. The fourth-order valence-corrected chi connectivity index (χ4v) is 11.2. The largest absolute Gasteiger partial charge is 0.480 e. The molecule has 2 aliphatic heterocycles. The molecule has 296 valence electrons. The first-order chi connectivity index (χ1) is 28.3. The summed E-state index contributed by atoms with van der Waals surface area (Å²) in [6.45, 7) is 2.18. The highest BCUT2D eigenvalue weighted by Crippen LogP contribution is 2.52. The van der Waals surface area contributed by atoms with Crippen molar-refractivity contribution in [3.8, 4) is 0 Å². The van der Waals surface area contributed by atoms with Gasteiger partial charge in [-0.15, -0.1) is 11.3 Å². The van der Waals surface area contributed by atoms with E-state index in [1.54, 1.807) is 4.90 Å². The zero-order valence-electron chi connectivity index (χ0n) is 32.6. The van der Waals surface area contributed by atoms with E-state index in [9.17, 15) is 19.5 Å². The first-order valence-corrected chi connectivity index (χ1v) is 22.4. The first-order valence-electron chi connectivity index (χ1n) is 20.4. The number of hydrogen-bond acceptors (Lipinski definition) is 7. The number of aromatic nitrogens is 1. The van der Waals surface area contributed by atoms with Crippen LogP contribution in [-0.2, 0) is 16.1 Å². The van der Waals surface area contributed by atoms with Crippen molar-refractivity contribution in [2.45, 2.75) is 83.2 Å². The number of anilines is 2. The number of carbonyl (C=O) groups is 2. The maximum Gasteiger partial charge on any atom is 0.323 e. The number of benzene rings is 4. The summed E-state index contributed by atoms with van der Waals surface area (Å²) in [4.78, 5) is 43.9. The average molecular weight is 826 g/mol. The Labute approximate surface area is 353 Å². The lowest BCUT2D eigenvalue weighted by Crippen LogP contribution is -2.35. The minimum Gasteiger partial charge on any atom is -0.480 e. The van der Waals surface area contributed by atoms with Gasteiger partial charge in [0.05, 0.1) is 4.53 Å². The quantitative estimate of drug-likeness (QED) is 0.0679. The molecule has 3 heterocycles. The monoisotopic (exact) mass is 825 g/mol. The van der Waals surface area contributed by atoms with Gasteiger partial charge in [-0.05, 0) is 89.1 Å². The molecule has 1 amide bonds. The Hall–Kier alpha value is -5.03. The van der Waals surface area contributed by atoms with Gasteiger partial charge in [0, 0.05) is 29.9 Å². The maximum absolute atomic E-state index is 13.8. The van der Waals surface area contributed by atoms with Crippen LogP contribution in [0.2, 0.25) is 0 Å². The Balaban J connectivity index is 1.09. The zero-order valence-corrected chi connectivity index (χ0v) is 35.1. The lowest BCUT2D eigenvalue weighted by molar-refractivity contribution is -0.137. The van der Waals surface area contributed by atoms with Crippen molar-refractivity contribution in [2.24, 2.45) is 0 Å². The number of thiocarbonyl (C=S) groups is 1. The van der Waals surface area contributed by atoms with Crippen LogP contribution in [0.5, 0.6) is 0 Å². The lowest BCUT2D eigenvalue weighted by Gasteiger charge is -2.27. The van der Waals surface area contributed by atoms with Gasteiger partial charge in [0.25, 0.3) is 11.5 Å². The molecule has 2 atom stereocenters. The van der Waals surface area contributed by atoms with E-state index >= 15 is 0 Å². The summed E-state index contributed by atoms with van der Waals surface area (Å²) in [7, 11) is 0. The van der Waals surface area contributed by atoms with Crippen molar-refractivity contribution >= 4 is 85.5 Å². The van der Waals surface area contributed by atoms with Crippen molar-refractivity contribution in [1.29, 1.82) is 0 Å². The van der Waals surface area contributed by atoms with Crippen molar-refractivity contribution < 1.29 is 14.7 Å². The third kappa shape index (κ3) is 8.28. The number of carboxylic acid groups (broad SMARTS) is 1. The highest BCUT2D eigenvalue weighted by atomic mass is 32.2. The molecule has 0 radical (unpaired) electrons. The Bertz CT molecular complexity index is 2500. The summed E-state index contributed by atoms with van der Waals surface area (Å²) in [6, 6.07) is 36.6. The second kappa shape index (κ2) is 17.9. The van der Waals surface area contributed by atoms with E-state index in [0.717, 1.165) is 67.1 Å². The fraction of sp³-hybridized carbons (Fsp3) is 0.292. The van der Waals surface area contributed by atoms with Gasteiger partial charge in [-0.2, -0.15) is 0 Å². The molecule has 4 aromatic carbocycles. The third-order valence-corrected chi connectivity index (χ3v) is 14.1. The number of thioether (sulfide) groups is 1. The Morgan fingerprint density at radius 2 is 1.52 bits per heavy atom. The maximum atomic E-state index is 13.8. The summed E-state index contributed by atoms with van der Waals surface area (Å²) in [5.74, 6) is -1.02. The van der Waals surface area contributed by atoms with E-state index in [1.165, 1.54) is 63.1 Å². The summed E-state index contributed by atoms with van der Waals surface area (Å²) in [5.41, 5.74) is 8.72. The van der Waals surface area contributed by atoms with Crippen LogP contribution in [0.15, 0.2) is 108 Å². The second-order valence-corrected chi connectivity index (χ2v) is 18.0. The zero-order chi connectivity index (χ0) is 40.2. The number of carbonyl (C=O) groups excluding carboxylic acids is 1. The van der Waals surface area contributed by atoms with Crippen LogP contribution >= 0.6 is 35.3 Å². The minimum atomic E-state index is -1.14. The molecule has 0 spiro atoms. The number of thiazole rings is 1. The molecule has 7 nitrogen and oxygen atoms in total. The van der Waals surface area contributed by atoms with E-state index in [0.29, 0.717) is 36.9 Å². The van der Waals surface area contributed by atoms with Gasteiger partial charge < -0.3 is 10.0 Å².